The van der Waals surface area contributed by atoms with Crippen LogP contribution in [0.1, 0.15) is 29.5 Å². The maximum Gasteiger partial charge on any atom is 0.317 e. The average molecular weight is 465 g/mol. The Kier molecular flexibility index (Phi) is 6.37. The highest BCUT2D eigenvalue weighted by atomic mass is 19.1. The maximum atomic E-state index is 13.7. The number of hydrogen-bond acceptors (Lipinski definition) is 1. The Balaban J connectivity index is 1.41. The van der Waals surface area contributed by atoms with E-state index in [-0.39, 0.29) is 23.2 Å². The molecular formula is C31H29FN2O. The summed E-state index contributed by atoms with van der Waals surface area (Å²) in [7, 11) is 0. The molecule has 3 nitrogen and oxygen atoms in total. The van der Waals surface area contributed by atoms with Crippen LogP contribution in [0.4, 0.5) is 9.18 Å². The Labute approximate surface area is 206 Å². The number of carbonyl (C=O) groups is 1. The van der Waals surface area contributed by atoms with Gasteiger partial charge in [0, 0.05) is 31.0 Å². The van der Waals surface area contributed by atoms with Crippen LogP contribution in [0.2, 0.25) is 0 Å². The molecule has 4 aromatic carbocycles. The molecule has 1 fully saturated rings. The minimum Gasteiger partial charge on any atom is -0.334 e. The molecule has 1 saturated heterocycles. The van der Waals surface area contributed by atoms with Gasteiger partial charge in [0.25, 0.3) is 0 Å². The lowest BCUT2D eigenvalue weighted by atomic mass is 9.71. The number of rotatable bonds is 5. The van der Waals surface area contributed by atoms with Gasteiger partial charge in [-0.2, -0.15) is 0 Å². The SMILES string of the molecule is C[C@]1(c2ccc(F)cc2)CN(C(=O)NCc2ccccc2)C[C@H]1c1ccc(-c2ccccc2)cc1. The summed E-state index contributed by atoms with van der Waals surface area (Å²) in [6, 6.07) is 35.5. The van der Waals surface area contributed by atoms with Gasteiger partial charge in [-0.15, -0.1) is 0 Å². The molecule has 1 heterocycles. The van der Waals surface area contributed by atoms with Crippen LogP contribution in [0.15, 0.2) is 109 Å². The van der Waals surface area contributed by atoms with Gasteiger partial charge in [-0.1, -0.05) is 104 Å². The standard InChI is InChI=1S/C31H29FN2O/c1-31(27-16-18-28(32)19-17-27)22-34(30(35)33-20-23-8-4-2-5-9-23)21-29(31)26-14-12-25(13-15-26)24-10-6-3-7-11-24/h2-19,29H,20-22H2,1H3,(H,33,35)/t29-,31+/m0/s1. The number of nitrogens with zero attached hydrogens (tertiary/aromatic N) is 1. The third-order valence-electron chi connectivity index (χ3n) is 7.19. The summed E-state index contributed by atoms with van der Waals surface area (Å²) >= 11 is 0. The Hall–Kier alpha value is -3.92. The van der Waals surface area contributed by atoms with Crippen molar-refractivity contribution in [2.45, 2.75) is 24.8 Å². The van der Waals surface area contributed by atoms with Crippen LogP contribution in [0, 0.1) is 5.82 Å². The van der Waals surface area contributed by atoms with E-state index in [1.807, 2.05) is 65.6 Å². The quantitative estimate of drug-likeness (QED) is 0.348. The number of amides is 2. The van der Waals surface area contributed by atoms with Crippen molar-refractivity contribution < 1.29 is 9.18 Å². The van der Waals surface area contributed by atoms with Gasteiger partial charge in [-0.3, -0.25) is 0 Å². The van der Waals surface area contributed by atoms with Crippen LogP contribution in [0.3, 0.4) is 0 Å². The second-order valence-corrected chi connectivity index (χ2v) is 9.49. The molecule has 35 heavy (non-hydrogen) atoms. The molecule has 0 unspecified atom stereocenters. The van der Waals surface area contributed by atoms with Crippen LogP contribution in [-0.2, 0) is 12.0 Å². The first kappa shape index (κ1) is 22.9. The number of benzene rings is 4. The minimum absolute atomic E-state index is 0.0782. The van der Waals surface area contributed by atoms with Crippen molar-refractivity contribution in [3.05, 3.63) is 132 Å². The molecule has 0 radical (unpaired) electrons. The summed E-state index contributed by atoms with van der Waals surface area (Å²) in [5.74, 6) is -0.170. The lowest BCUT2D eigenvalue weighted by Crippen LogP contribution is -2.39. The molecule has 1 aliphatic heterocycles. The fourth-order valence-corrected chi connectivity index (χ4v) is 5.17. The van der Waals surface area contributed by atoms with E-state index in [1.165, 1.54) is 23.3 Å². The second kappa shape index (κ2) is 9.75. The summed E-state index contributed by atoms with van der Waals surface area (Å²) < 4.78 is 13.7. The molecule has 4 aromatic rings. The number of hydrogen-bond donors (Lipinski definition) is 1. The van der Waals surface area contributed by atoms with Gasteiger partial charge in [0.15, 0.2) is 0 Å². The zero-order valence-electron chi connectivity index (χ0n) is 19.8. The van der Waals surface area contributed by atoms with E-state index in [1.54, 1.807) is 0 Å². The molecule has 2 atom stereocenters. The first-order valence-corrected chi connectivity index (χ1v) is 12.0. The summed E-state index contributed by atoms with van der Waals surface area (Å²) in [6.45, 7) is 3.82. The number of carbonyl (C=O) groups excluding carboxylic acids is 1. The zero-order chi connectivity index (χ0) is 24.3. The third kappa shape index (κ3) is 4.83. The molecular weight excluding hydrogens is 435 g/mol. The highest BCUT2D eigenvalue weighted by molar-refractivity contribution is 5.75. The minimum atomic E-state index is -0.341. The van der Waals surface area contributed by atoms with Gasteiger partial charge in [0.1, 0.15) is 5.82 Å². The van der Waals surface area contributed by atoms with Crippen molar-refractivity contribution >= 4 is 6.03 Å². The summed E-state index contributed by atoms with van der Waals surface area (Å²) in [6.07, 6.45) is 0. The molecule has 0 aromatic heterocycles. The van der Waals surface area contributed by atoms with Gasteiger partial charge >= 0.3 is 6.03 Å². The second-order valence-electron chi connectivity index (χ2n) is 9.49. The lowest BCUT2D eigenvalue weighted by molar-refractivity contribution is 0.205. The number of halogens is 1. The van der Waals surface area contributed by atoms with E-state index in [2.05, 4.69) is 48.6 Å². The lowest BCUT2D eigenvalue weighted by Gasteiger charge is -2.31. The van der Waals surface area contributed by atoms with Gasteiger partial charge in [-0.05, 0) is 39.9 Å². The Morgan fingerprint density at radius 1 is 0.857 bits per heavy atom. The predicted octanol–water partition coefficient (Wildman–Crippen LogP) is 6.76. The van der Waals surface area contributed by atoms with Crippen LogP contribution >= 0.6 is 0 Å². The molecule has 4 heteroatoms. The first-order valence-electron chi connectivity index (χ1n) is 12.0. The van der Waals surface area contributed by atoms with Gasteiger partial charge in [0.05, 0.1) is 0 Å². The molecule has 0 aliphatic carbocycles. The van der Waals surface area contributed by atoms with E-state index in [9.17, 15) is 9.18 Å². The third-order valence-corrected chi connectivity index (χ3v) is 7.19. The smallest absolute Gasteiger partial charge is 0.317 e. The molecule has 1 N–H and O–H groups in total. The Morgan fingerprint density at radius 2 is 1.46 bits per heavy atom. The van der Waals surface area contributed by atoms with Crippen LogP contribution in [-0.4, -0.2) is 24.0 Å². The van der Waals surface area contributed by atoms with E-state index in [0.717, 1.165) is 16.7 Å². The number of likely N-dealkylation sites (tertiary alicyclic amines) is 1. The van der Waals surface area contributed by atoms with Crippen LogP contribution in [0.5, 0.6) is 0 Å². The highest BCUT2D eigenvalue weighted by Gasteiger charge is 2.46. The number of nitrogens with one attached hydrogen (secondary N) is 1. The summed E-state index contributed by atoms with van der Waals surface area (Å²) in [5.41, 5.74) is 5.27. The fraction of sp³-hybridized carbons (Fsp3) is 0.194. The topological polar surface area (TPSA) is 32.3 Å². The molecule has 5 rings (SSSR count). The molecule has 0 spiro atoms. The molecule has 2 amide bonds. The first-order chi connectivity index (χ1) is 17.0. The van der Waals surface area contributed by atoms with E-state index in [4.69, 9.17) is 0 Å². The fourth-order valence-electron chi connectivity index (χ4n) is 5.17. The van der Waals surface area contributed by atoms with E-state index >= 15 is 0 Å². The van der Waals surface area contributed by atoms with E-state index < -0.39 is 0 Å². The summed E-state index contributed by atoms with van der Waals surface area (Å²) in [4.78, 5) is 15.1. The normalized spacial score (nSPS) is 19.5. The van der Waals surface area contributed by atoms with E-state index in [0.29, 0.717) is 19.6 Å². The van der Waals surface area contributed by atoms with Crippen molar-refractivity contribution in [3.8, 4) is 11.1 Å². The monoisotopic (exact) mass is 464 g/mol. The number of urea groups is 1. The van der Waals surface area contributed by atoms with Gasteiger partial charge in [-0.25, -0.2) is 9.18 Å². The highest BCUT2D eigenvalue weighted by Crippen LogP contribution is 2.45. The van der Waals surface area contributed by atoms with Crippen molar-refractivity contribution in [2.75, 3.05) is 13.1 Å². The van der Waals surface area contributed by atoms with Crippen molar-refractivity contribution in [3.63, 3.8) is 0 Å². The van der Waals surface area contributed by atoms with Gasteiger partial charge < -0.3 is 10.2 Å². The average Bonchev–Trinajstić information content (AvgIpc) is 3.27. The van der Waals surface area contributed by atoms with Crippen LogP contribution in [0.25, 0.3) is 11.1 Å². The zero-order valence-corrected chi connectivity index (χ0v) is 19.8. The van der Waals surface area contributed by atoms with Crippen LogP contribution < -0.4 is 5.32 Å². The van der Waals surface area contributed by atoms with Gasteiger partial charge in [0.2, 0.25) is 0 Å². The van der Waals surface area contributed by atoms with Crippen molar-refractivity contribution in [1.82, 2.24) is 10.2 Å². The van der Waals surface area contributed by atoms with Crippen molar-refractivity contribution in [2.24, 2.45) is 0 Å². The van der Waals surface area contributed by atoms with Crippen molar-refractivity contribution in [1.29, 1.82) is 0 Å². The largest absolute Gasteiger partial charge is 0.334 e. The summed E-state index contributed by atoms with van der Waals surface area (Å²) in [5, 5.41) is 3.07. The molecule has 0 saturated carbocycles. The molecule has 1 aliphatic rings. The maximum absolute atomic E-state index is 13.7. The predicted molar refractivity (Wildman–Crippen MR) is 139 cm³/mol. The molecule has 0 bridgehead atoms. The Bertz CT molecular complexity index is 1270. The molecule has 176 valence electrons. The Morgan fingerprint density at radius 3 is 2.11 bits per heavy atom.